The summed E-state index contributed by atoms with van der Waals surface area (Å²) < 4.78 is 8.35. The van der Waals surface area contributed by atoms with Gasteiger partial charge >= 0.3 is 0 Å². The maximum absolute atomic E-state index is 13.0. The molecule has 1 aromatic carbocycles. The van der Waals surface area contributed by atoms with Gasteiger partial charge < -0.3 is 15.0 Å². The van der Waals surface area contributed by atoms with Crippen molar-refractivity contribution < 1.29 is 9.53 Å². The molecule has 1 aliphatic heterocycles. The zero-order valence-electron chi connectivity index (χ0n) is 19.7. The van der Waals surface area contributed by atoms with Gasteiger partial charge in [0.05, 0.1) is 51.6 Å². The molecule has 0 atom stereocenters. The van der Waals surface area contributed by atoms with Crippen molar-refractivity contribution in [3.05, 3.63) is 83.6 Å². The largest absolute Gasteiger partial charge is 0.378 e. The van der Waals surface area contributed by atoms with Crippen molar-refractivity contribution >= 4 is 38.8 Å². The summed E-state index contributed by atoms with van der Waals surface area (Å²) in [6, 6.07) is 17.8. The minimum absolute atomic E-state index is 0.179. The lowest BCUT2D eigenvalue weighted by Crippen LogP contribution is -2.36. The molecule has 4 aromatic heterocycles. The number of morpholine rings is 1. The Labute approximate surface area is 212 Å². The van der Waals surface area contributed by atoms with E-state index in [1.54, 1.807) is 23.1 Å². The molecule has 36 heavy (non-hydrogen) atoms. The highest BCUT2D eigenvalue weighted by atomic mass is 32.1. The molecular weight excluding hydrogens is 472 g/mol. The number of anilines is 2. The maximum Gasteiger partial charge on any atom is 0.265 e. The molecule has 9 heteroatoms. The van der Waals surface area contributed by atoms with E-state index in [9.17, 15) is 4.79 Å². The second kappa shape index (κ2) is 9.52. The van der Waals surface area contributed by atoms with Gasteiger partial charge in [0.1, 0.15) is 0 Å². The summed E-state index contributed by atoms with van der Waals surface area (Å²) in [6.45, 7) is 4.96. The average molecular weight is 497 g/mol. The van der Waals surface area contributed by atoms with E-state index in [2.05, 4.69) is 46.4 Å². The SMILES string of the molecule is Cc1cccc(-c2ccn(-c3cc(N4CCOCC4)c4sc(C(=O)Nc5cccnc5)cc4n3)n2)c1. The molecule has 5 aromatic rings. The van der Waals surface area contributed by atoms with Gasteiger partial charge in [0, 0.05) is 37.1 Å². The molecule has 180 valence electrons. The average Bonchev–Trinajstić information content (AvgIpc) is 3.57. The van der Waals surface area contributed by atoms with Crippen LogP contribution in [-0.4, -0.2) is 52.0 Å². The standard InChI is InChI=1S/C27H24N6O2S/c1-18-4-2-5-19(14-18)21-7-9-33(31-21)25-16-23(32-10-12-35-13-11-32)26-22(30-25)15-24(36-26)27(34)29-20-6-3-8-28-17-20/h2-9,14-17H,10-13H2,1H3,(H,29,34). The van der Waals surface area contributed by atoms with Gasteiger partial charge in [0.15, 0.2) is 5.82 Å². The van der Waals surface area contributed by atoms with E-state index in [0.29, 0.717) is 29.6 Å². The van der Waals surface area contributed by atoms with Crippen LogP contribution in [0.2, 0.25) is 0 Å². The molecule has 1 saturated heterocycles. The van der Waals surface area contributed by atoms with Crippen LogP contribution in [-0.2, 0) is 4.74 Å². The highest BCUT2D eigenvalue weighted by Gasteiger charge is 2.21. The Morgan fingerprint density at radius 2 is 1.97 bits per heavy atom. The predicted octanol–water partition coefficient (Wildman–Crippen LogP) is 4.94. The summed E-state index contributed by atoms with van der Waals surface area (Å²) in [5.74, 6) is 0.529. The number of rotatable bonds is 5. The first-order valence-electron chi connectivity index (χ1n) is 11.8. The number of carbonyl (C=O) groups excluding carboxylic acids is 1. The van der Waals surface area contributed by atoms with E-state index in [-0.39, 0.29) is 5.91 Å². The normalized spacial score (nSPS) is 13.8. The van der Waals surface area contributed by atoms with E-state index in [4.69, 9.17) is 14.8 Å². The number of amides is 1. The smallest absolute Gasteiger partial charge is 0.265 e. The van der Waals surface area contributed by atoms with Crippen molar-refractivity contribution in [1.29, 1.82) is 0 Å². The minimum atomic E-state index is -0.179. The quantitative estimate of drug-likeness (QED) is 0.371. The minimum Gasteiger partial charge on any atom is -0.378 e. The van der Waals surface area contributed by atoms with Crippen LogP contribution in [0.4, 0.5) is 11.4 Å². The highest BCUT2D eigenvalue weighted by Crippen LogP contribution is 2.36. The summed E-state index contributed by atoms with van der Waals surface area (Å²) in [6.07, 6.45) is 5.23. The summed E-state index contributed by atoms with van der Waals surface area (Å²) in [4.78, 5) is 24.9. The zero-order valence-corrected chi connectivity index (χ0v) is 20.5. The monoisotopic (exact) mass is 496 g/mol. The number of fused-ring (bicyclic) bond motifs is 1. The number of nitrogens with one attached hydrogen (secondary N) is 1. The van der Waals surface area contributed by atoms with E-state index >= 15 is 0 Å². The molecule has 6 rings (SSSR count). The Bertz CT molecular complexity index is 1540. The summed E-state index contributed by atoms with van der Waals surface area (Å²) in [7, 11) is 0. The number of ether oxygens (including phenoxy) is 1. The third-order valence-corrected chi connectivity index (χ3v) is 7.22. The predicted molar refractivity (Wildman–Crippen MR) is 142 cm³/mol. The topological polar surface area (TPSA) is 85.2 Å². The Hall–Kier alpha value is -4.08. The van der Waals surface area contributed by atoms with Crippen LogP contribution in [0.3, 0.4) is 0 Å². The Balaban J connectivity index is 1.40. The van der Waals surface area contributed by atoms with E-state index < -0.39 is 0 Å². The van der Waals surface area contributed by atoms with Crippen LogP contribution in [0.5, 0.6) is 0 Å². The second-order valence-electron chi connectivity index (χ2n) is 8.63. The first kappa shape index (κ1) is 22.4. The van der Waals surface area contributed by atoms with Crippen LogP contribution in [0.1, 0.15) is 15.2 Å². The van der Waals surface area contributed by atoms with Gasteiger partial charge in [-0.05, 0) is 37.3 Å². The van der Waals surface area contributed by atoms with Crippen molar-refractivity contribution in [3.8, 4) is 17.1 Å². The van der Waals surface area contributed by atoms with Gasteiger partial charge in [-0.3, -0.25) is 9.78 Å². The van der Waals surface area contributed by atoms with Gasteiger partial charge in [0.2, 0.25) is 0 Å². The third kappa shape index (κ3) is 4.46. The Kier molecular flexibility index (Phi) is 5.92. The van der Waals surface area contributed by atoms with Crippen LogP contribution in [0, 0.1) is 6.92 Å². The highest BCUT2D eigenvalue weighted by molar-refractivity contribution is 7.21. The summed E-state index contributed by atoms with van der Waals surface area (Å²) in [5.41, 5.74) is 5.59. The van der Waals surface area contributed by atoms with Crippen LogP contribution in [0.25, 0.3) is 27.3 Å². The number of pyridine rings is 2. The number of nitrogens with zero attached hydrogens (tertiary/aromatic N) is 5. The first-order valence-corrected chi connectivity index (χ1v) is 12.6. The molecule has 5 heterocycles. The number of carbonyl (C=O) groups is 1. The molecule has 0 radical (unpaired) electrons. The Morgan fingerprint density at radius 3 is 2.78 bits per heavy atom. The van der Waals surface area contributed by atoms with E-state index in [0.717, 1.165) is 40.3 Å². The molecule has 1 fully saturated rings. The molecule has 1 amide bonds. The second-order valence-corrected chi connectivity index (χ2v) is 9.69. The van der Waals surface area contributed by atoms with Gasteiger partial charge in [-0.2, -0.15) is 5.10 Å². The third-order valence-electron chi connectivity index (χ3n) is 6.08. The lowest BCUT2D eigenvalue weighted by Gasteiger charge is -2.29. The van der Waals surface area contributed by atoms with Gasteiger partial charge in [-0.1, -0.05) is 23.8 Å². The first-order chi connectivity index (χ1) is 17.6. The number of benzene rings is 1. The van der Waals surface area contributed by atoms with Crippen LogP contribution >= 0.6 is 11.3 Å². The zero-order chi connectivity index (χ0) is 24.5. The van der Waals surface area contributed by atoms with Crippen molar-refractivity contribution in [2.75, 3.05) is 36.5 Å². The lowest BCUT2D eigenvalue weighted by molar-refractivity contribution is 0.103. The fourth-order valence-corrected chi connectivity index (χ4v) is 5.34. The number of hydrogen-bond donors (Lipinski definition) is 1. The number of thiophene rings is 1. The molecule has 1 aliphatic rings. The van der Waals surface area contributed by atoms with Crippen molar-refractivity contribution in [2.24, 2.45) is 0 Å². The van der Waals surface area contributed by atoms with Crippen molar-refractivity contribution in [1.82, 2.24) is 19.7 Å². The van der Waals surface area contributed by atoms with Gasteiger partial charge in [-0.25, -0.2) is 9.67 Å². The molecule has 0 spiro atoms. The molecule has 0 aliphatic carbocycles. The molecule has 0 saturated carbocycles. The van der Waals surface area contributed by atoms with Crippen LogP contribution in [0.15, 0.2) is 73.2 Å². The lowest BCUT2D eigenvalue weighted by atomic mass is 10.1. The van der Waals surface area contributed by atoms with Crippen molar-refractivity contribution in [3.63, 3.8) is 0 Å². The Morgan fingerprint density at radius 1 is 1.08 bits per heavy atom. The molecular formula is C27H24N6O2S. The van der Waals surface area contributed by atoms with Gasteiger partial charge in [0.25, 0.3) is 5.91 Å². The molecule has 8 nitrogen and oxygen atoms in total. The van der Waals surface area contributed by atoms with Crippen molar-refractivity contribution in [2.45, 2.75) is 6.92 Å². The number of aromatic nitrogens is 4. The van der Waals surface area contributed by atoms with Crippen LogP contribution < -0.4 is 10.2 Å². The molecule has 1 N–H and O–H groups in total. The molecule has 0 bridgehead atoms. The number of aryl methyl sites for hydroxylation is 1. The maximum atomic E-state index is 13.0. The van der Waals surface area contributed by atoms with Gasteiger partial charge in [-0.15, -0.1) is 11.3 Å². The van der Waals surface area contributed by atoms with E-state index in [1.807, 2.05) is 30.5 Å². The fourth-order valence-electron chi connectivity index (χ4n) is 4.30. The number of hydrogen-bond acceptors (Lipinski definition) is 7. The summed E-state index contributed by atoms with van der Waals surface area (Å²) in [5, 5.41) is 7.73. The molecule has 0 unspecified atom stereocenters. The summed E-state index contributed by atoms with van der Waals surface area (Å²) >= 11 is 1.45. The van der Waals surface area contributed by atoms with E-state index in [1.165, 1.54) is 16.9 Å². The fraction of sp³-hybridized carbons (Fsp3) is 0.185.